The summed E-state index contributed by atoms with van der Waals surface area (Å²) in [4.78, 5) is 25.6. The monoisotopic (exact) mass is 919 g/mol. The molecule has 9 aromatic carbocycles. The summed E-state index contributed by atoms with van der Waals surface area (Å²) >= 11 is 0. The summed E-state index contributed by atoms with van der Waals surface area (Å²) in [5, 5.41) is 23.4. The maximum Gasteiger partial charge on any atom is 0.235 e. The fourth-order valence-corrected chi connectivity index (χ4v) is 9.76. The lowest BCUT2D eigenvalue weighted by atomic mass is 10.0. The molecule has 0 aliphatic heterocycles. The van der Waals surface area contributed by atoms with Crippen LogP contribution in [0.4, 0.5) is 0 Å². The lowest BCUT2D eigenvalue weighted by molar-refractivity contribution is 0.996. The number of fused-ring (bicyclic) bond motifs is 6. The Morgan fingerprint density at radius 3 is 1.35 bits per heavy atom. The highest BCUT2D eigenvalue weighted by atomic mass is 15.2. The van der Waals surface area contributed by atoms with Crippen LogP contribution in [-0.2, 0) is 0 Å². The first-order valence-corrected chi connectivity index (χ1v) is 23.5. The van der Waals surface area contributed by atoms with Crippen LogP contribution in [0, 0.1) is 22.7 Å². The van der Waals surface area contributed by atoms with E-state index in [0.717, 1.165) is 99.6 Å². The van der Waals surface area contributed by atoms with Gasteiger partial charge in [0.25, 0.3) is 0 Å². The standard InChI is InChI=1S/C63H37N9/c64-38-40-20-24-43(25-21-40)55-37-54(42-12-4-1-5-13-42)66-63(67-55)72-56-19-11-10-18-50(56)51-31-28-47(36-59(51)72)46-29-32-57-52(34-46)53-35-48(30-33-58(53)71(57)49-16-8-3-9-17-49)62-69-60(44-14-6-2-7-15-44)68-61(70-62)45-26-22-41(39-65)23-27-45/h1-37H. The van der Waals surface area contributed by atoms with E-state index in [2.05, 4.69) is 137 Å². The van der Waals surface area contributed by atoms with E-state index in [1.54, 1.807) is 12.1 Å². The Balaban J connectivity index is 0.999. The number of para-hydroxylation sites is 2. The van der Waals surface area contributed by atoms with E-state index >= 15 is 0 Å². The quantitative estimate of drug-likeness (QED) is 0.149. The van der Waals surface area contributed by atoms with Crippen molar-refractivity contribution in [2.45, 2.75) is 0 Å². The van der Waals surface area contributed by atoms with Crippen molar-refractivity contribution in [3.05, 3.63) is 236 Å². The van der Waals surface area contributed by atoms with E-state index in [-0.39, 0.29) is 0 Å². The molecule has 0 saturated heterocycles. The minimum Gasteiger partial charge on any atom is -0.309 e. The van der Waals surface area contributed by atoms with Crippen LogP contribution in [0.5, 0.6) is 0 Å². The van der Waals surface area contributed by atoms with E-state index in [1.807, 2.05) is 97.1 Å². The molecule has 9 nitrogen and oxygen atoms in total. The number of nitriles is 2. The predicted molar refractivity (Wildman–Crippen MR) is 286 cm³/mol. The van der Waals surface area contributed by atoms with Crippen LogP contribution in [0.25, 0.3) is 123 Å². The first-order valence-electron chi connectivity index (χ1n) is 23.5. The van der Waals surface area contributed by atoms with Crippen LogP contribution in [0.15, 0.2) is 224 Å². The highest BCUT2D eigenvalue weighted by molar-refractivity contribution is 6.13. The number of nitrogens with zero attached hydrogens (tertiary/aromatic N) is 9. The largest absolute Gasteiger partial charge is 0.309 e. The summed E-state index contributed by atoms with van der Waals surface area (Å²) in [6.45, 7) is 0. The molecule has 72 heavy (non-hydrogen) atoms. The van der Waals surface area contributed by atoms with Crippen molar-refractivity contribution in [3.63, 3.8) is 0 Å². The van der Waals surface area contributed by atoms with Gasteiger partial charge >= 0.3 is 0 Å². The number of aromatic nitrogens is 7. The Morgan fingerprint density at radius 2 is 0.722 bits per heavy atom. The minimum atomic E-state index is 0.521. The minimum absolute atomic E-state index is 0.521. The second kappa shape index (κ2) is 17.3. The molecule has 0 spiro atoms. The van der Waals surface area contributed by atoms with Gasteiger partial charge in [0, 0.05) is 55.0 Å². The molecule has 0 unspecified atom stereocenters. The van der Waals surface area contributed by atoms with Gasteiger partial charge in [-0.05, 0) is 108 Å². The predicted octanol–water partition coefficient (Wildman–Crippen LogP) is 14.6. The Kier molecular flexibility index (Phi) is 10.1. The molecule has 0 amide bonds. The Labute approximate surface area is 413 Å². The Hall–Kier alpha value is -10.4. The Morgan fingerprint density at radius 1 is 0.292 bits per heavy atom. The third-order valence-corrected chi connectivity index (χ3v) is 13.3. The smallest absolute Gasteiger partial charge is 0.235 e. The molecular weight excluding hydrogens is 883 g/mol. The molecule has 0 radical (unpaired) electrons. The number of hydrogen-bond donors (Lipinski definition) is 0. The van der Waals surface area contributed by atoms with Crippen molar-refractivity contribution in [3.8, 4) is 91.6 Å². The van der Waals surface area contributed by atoms with E-state index in [9.17, 15) is 10.5 Å². The van der Waals surface area contributed by atoms with Gasteiger partial charge in [-0.1, -0.05) is 127 Å². The summed E-state index contributed by atoms with van der Waals surface area (Å²) in [5.74, 6) is 2.17. The average Bonchev–Trinajstić information content (AvgIpc) is 3.97. The van der Waals surface area contributed by atoms with Crippen LogP contribution >= 0.6 is 0 Å². The highest BCUT2D eigenvalue weighted by Gasteiger charge is 2.21. The molecule has 4 heterocycles. The molecular formula is C63H37N9. The van der Waals surface area contributed by atoms with Gasteiger partial charge in [0.05, 0.1) is 56.7 Å². The maximum atomic E-state index is 9.57. The van der Waals surface area contributed by atoms with Crippen molar-refractivity contribution in [1.82, 2.24) is 34.1 Å². The third-order valence-electron chi connectivity index (χ3n) is 13.3. The van der Waals surface area contributed by atoms with E-state index in [0.29, 0.717) is 34.5 Å². The van der Waals surface area contributed by atoms with Crippen LogP contribution in [0.1, 0.15) is 11.1 Å². The molecule has 13 aromatic rings. The van der Waals surface area contributed by atoms with Crippen molar-refractivity contribution in [2.24, 2.45) is 0 Å². The van der Waals surface area contributed by atoms with Gasteiger partial charge in [-0.15, -0.1) is 0 Å². The fraction of sp³-hybridized carbons (Fsp3) is 0. The molecule has 13 rings (SSSR count). The highest BCUT2D eigenvalue weighted by Crippen LogP contribution is 2.40. The van der Waals surface area contributed by atoms with Gasteiger partial charge in [0.1, 0.15) is 0 Å². The van der Waals surface area contributed by atoms with Crippen LogP contribution in [-0.4, -0.2) is 34.1 Å². The Bertz CT molecular complexity index is 4320. The normalized spacial score (nSPS) is 11.3. The molecule has 0 atom stereocenters. The van der Waals surface area contributed by atoms with Crippen molar-refractivity contribution < 1.29 is 0 Å². The first-order chi connectivity index (χ1) is 35.6. The summed E-state index contributed by atoms with van der Waals surface area (Å²) < 4.78 is 4.48. The third kappa shape index (κ3) is 7.30. The number of benzene rings is 9. The molecule has 9 heteroatoms. The van der Waals surface area contributed by atoms with Gasteiger partial charge in [-0.25, -0.2) is 24.9 Å². The molecule has 0 aliphatic carbocycles. The van der Waals surface area contributed by atoms with Crippen molar-refractivity contribution in [1.29, 1.82) is 10.5 Å². The summed E-state index contributed by atoms with van der Waals surface area (Å²) in [7, 11) is 0. The SMILES string of the molecule is N#Cc1ccc(-c2cc(-c3ccccc3)nc(-n3c4ccccc4c4ccc(-c5ccc6c(c5)c5cc(-c7nc(-c8ccccc8)nc(-c8ccc(C#N)cc8)n7)ccc5n6-c5ccccc5)cc43)n2)cc1. The summed E-state index contributed by atoms with van der Waals surface area (Å²) in [5.41, 5.74) is 14.3. The lowest BCUT2D eigenvalue weighted by Gasteiger charge is -2.12. The van der Waals surface area contributed by atoms with Crippen LogP contribution in [0.3, 0.4) is 0 Å². The zero-order chi connectivity index (χ0) is 48.1. The first kappa shape index (κ1) is 41.8. The number of hydrogen-bond acceptors (Lipinski definition) is 7. The lowest BCUT2D eigenvalue weighted by Crippen LogP contribution is -2.04. The van der Waals surface area contributed by atoms with Gasteiger partial charge in [-0.2, -0.15) is 10.5 Å². The second-order valence-corrected chi connectivity index (χ2v) is 17.6. The average molecular weight is 920 g/mol. The van der Waals surface area contributed by atoms with Crippen LogP contribution in [0.2, 0.25) is 0 Å². The topological polar surface area (TPSA) is 122 Å². The zero-order valence-electron chi connectivity index (χ0n) is 38.4. The second-order valence-electron chi connectivity index (χ2n) is 17.6. The van der Waals surface area contributed by atoms with Crippen molar-refractivity contribution >= 4 is 43.6 Å². The van der Waals surface area contributed by atoms with Gasteiger partial charge in [0.2, 0.25) is 5.95 Å². The van der Waals surface area contributed by atoms with E-state index in [1.165, 1.54) is 0 Å². The van der Waals surface area contributed by atoms with Crippen LogP contribution < -0.4 is 0 Å². The maximum absolute atomic E-state index is 9.57. The zero-order valence-corrected chi connectivity index (χ0v) is 38.4. The van der Waals surface area contributed by atoms with Gasteiger partial charge in [-0.3, -0.25) is 4.57 Å². The van der Waals surface area contributed by atoms with Crippen molar-refractivity contribution in [2.75, 3.05) is 0 Å². The number of rotatable bonds is 8. The summed E-state index contributed by atoms with van der Waals surface area (Å²) in [6, 6.07) is 80.1. The van der Waals surface area contributed by atoms with E-state index < -0.39 is 0 Å². The van der Waals surface area contributed by atoms with E-state index in [4.69, 9.17) is 24.9 Å². The fourth-order valence-electron chi connectivity index (χ4n) is 9.76. The van der Waals surface area contributed by atoms with Gasteiger partial charge < -0.3 is 4.57 Å². The van der Waals surface area contributed by atoms with Gasteiger partial charge in [0.15, 0.2) is 17.5 Å². The molecule has 0 fully saturated rings. The molecule has 0 bridgehead atoms. The molecule has 4 aromatic heterocycles. The molecule has 0 saturated carbocycles. The molecule has 0 N–H and O–H groups in total. The summed E-state index contributed by atoms with van der Waals surface area (Å²) in [6.07, 6.45) is 0. The molecule has 334 valence electrons. The molecule has 0 aliphatic rings.